The molecule has 2 aromatic rings. The Hall–Kier alpha value is -2.99. The van der Waals surface area contributed by atoms with Crippen LogP contribution >= 0.6 is 0 Å². The maximum Gasteiger partial charge on any atom is 0.181 e. The van der Waals surface area contributed by atoms with Crippen molar-refractivity contribution < 1.29 is 22.3 Å². The van der Waals surface area contributed by atoms with Gasteiger partial charge < -0.3 is 4.74 Å². The fourth-order valence-electron chi connectivity index (χ4n) is 1.65. The maximum absolute atomic E-state index is 13.7. The third-order valence-corrected chi connectivity index (χ3v) is 2.80. The summed E-state index contributed by atoms with van der Waals surface area (Å²) in [5.74, 6) is -1.95. The lowest BCUT2D eigenvalue weighted by Gasteiger charge is -2.03. The van der Waals surface area contributed by atoms with Gasteiger partial charge in [-0.1, -0.05) is 11.8 Å². The van der Waals surface area contributed by atoms with Crippen molar-refractivity contribution >= 4 is 0 Å². The van der Waals surface area contributed by atoms with E-state index in [0.717, 1.165) is 6.07 Å². The fourth-order valence-corrected chi connectivity index (χ4v) is 1.65. The molecule has 0 bridgehead atoms. The van der Waals surface area contributed by atoms with Crippen LogP contribution in [0.25, 0.3) is 0 Å². The molecule has 0 aromatic heterocycles. The van der Waals surface area contributed by atoms with Crippen LogP contribution in [0.3, 0.4) is 0 Å². The van der Waals surface area contributed by atoms with E-state index in [9.17, 15) is 17.6 Å². The summed E-state index contributed by atoms with van der Waals surface area (Å²) in [5, 5.41) is 8.49. The number of halogens is 4. The molecule has 110 valence electrons. The first-order valence-corrected chi connectivity index (χ1v) is 5.91. The molecule has 0 radical (unpaired) electrons. The zero-order chi connectivity index (χ0) is 16.3. The summed E-state index contributed by atoms with van der Waals surface area (Å²) in [6, 6.07) is 7.22. The molecule has 0 heterocycles. The van der Waals surface area contributed by atoms with E-state index < -0.39 is 34.4 Å². The molecule has 0 spiro atoms. The second kappa shape index (κ2) is 6.19. The second-order valence-electron chi connectivity index (χ2n) is 4.10. The third kappa shape index (κ3) is 2.72. The van der Waals surface area contributed by atoms with Gasteiger partial charge in [0, 0.05) is 5.56 Å². The largest absolute Gasteiger partial charge is 0.497 e. The van der Waals surface area contributed by atoms with Gasteiger partial charge in [-0.05, 0) is 24.3 Å². The van der Waals surface area contributed by atoms with Crippen LogP contribution in [-0.2, 0) is 0 Å². The number of hydrogen-bond donors (Lipinski definition) is 0. The van der Waals surface area contributed by atoms with Crippen molar-refractivity contribution in [1.29, 1.82) is 5.26 Å². The van der Waals surface area contributed by atoms with Crippen molar-refractivity contribution in [2.45, 2.75) is 0 Å². The fraction of sp³-hybridized carbons (Fsp3) is 0.0625. The van der Waals surface area contributed by atoms with Crippen molar-refractivity contribution in [3.8, 4) is 23.7 Å². The van der Waals surface area contributed by atoms with Crippen LogP contribution in [0.2, 0.25) is 0 Å². The minimum Gasteiger partial charge on any atom is -0.497 e. The minimum atomic E-state index is -1.76. The van der Waals surface area contributed by atoms with Crippen molar-refractivity contribution in [3.05, 3.63) is 64.2 Å². The molecule has 2 aromatic carbocycles. The Morgan fingerprint density at radius 1 is 0.818 bits per heavy atom. The zero-order valence-corrected chi connectivity index (χ0v) is 11.2. The first kappa shape index (κ1) is 15.4. The molecule has 6 heteroatoms. The van der Waals surface area contributed by atoms with E-state index in [1.807, 2.05) is 5.92 Å². The molecule has 0 aliphatic heterocycles. The van der Waals surface area contributed by atoms with E-state index in [-0.39, 0.29) is 0 Å². The van der Waals surface area contributed by atoms with Crippen LogP contribution in [0.15, 0.2) is 24.3 Å². The summed E-state index contributed by atoms with van der Waals surface area (Å²) in [7, 11) is 1.47. The Balaban J connectivity index is 2.51. The van der Waals surface area contributed by atoms with Crippen molar-refractivity contribution in [2.24, 2.45) is 0 Å². The first-order chi connectivity index (χ1) is 10.5. The summed E-state index contributed by atoms with van der Waals surface area (Å²) in [5.41, 5.74) is -2.01. The Bertz CT molecular complexity index is 797. The average Bonchev–Trinajstić information content (AvgIpc) is 2.54. The average molecular weight is 305 g/mol. The standard InChI is InChI=1S/C16H7F4NO/c1-22-10-5-2-9(3-6-10)4-7-11-13(17)15(19)12(8-21)16(20)14(11)18/h2-3,5-6H,1H3. The molecule has 0 saturated heterocycles. The number of hydrogen-bond acceptors (Lipinski definition) is 2. The van der Waals surface area contributed by atoms with Crippen LogP contribution in [0.1, 0.15) is 16.7 Å². The number of ether oxygens (including phenoxy) is 1. The molecule has 0 unspecified atom stereocenters. The number of benzene rings is 2. The maximum atomic E-state index is 13.7. The van der Waals surface area contributed by atoms with Crippen molar-refractivity contribution in [1.82, 2.24) is 0 Å². The van der Waals surface area contributed by atoms with Crippen molar-refractivity contribution in [3.63, 3.8) is 0 Å². The molecule has 0 N–H and O–H groups in total. The van der Waals surface area contributed by atoms with Gasteiger partial charge in [0.2, 0.25) is 0 Å². The second-order valence-corrected chi connectivity index (χ2v) is 4.10. The van der Waals surface area contributed by atoms with Crippen LogP contribution in [-0.4, -0.2) is 7.11 Å². The predicted octanol–water partition coefficient (Wildman–Crippen LogP) is 3.52. The molecular formula is C16H7F4NO. The van der Waals surface area contributed by atoms with E-state index in [1.54, 1.807) is 12.1 Å². The third-order valence-electron chi connectivity index (χ3n) is 2.80. The summed E-state index contributed by atoms with van der Waals surface area (Å²) in [6.45, 7) is 0. The lowest BCUT2D eigenvalue weighted by atomic mass is 10.1. The van der Waals surface area contributed by atoms with Gasteiger partial charge in [-0.25, -0.2) is 17.6 Å². The Morgan fingerprint density at radius 3 is 1.77 bits per heavy atom. The molecular weight excluding hydrogens is 298 g/mol. The molecule has 0 saturated carbocycles. The van der Waals surface area contributed by atoms with Gasteiger partial charge >= 0.3 is 0 Å². The number of rotatable bonds is 1. The summed E-state index contributed by atoms with van der Waals surface area (Å²) >= 11 is 0. The Labute approximate surface area is 123 Å². The van der Waals surface area contributed by atoms with Gasteiger partial charge in [0.15, 0.2) is 23.3 Å². The van der Waals surface area contributed by atoms with Crippen LogP contribution in [0.5, 0.6) is 5.75 Å². The highest BCUT2D eigenvalue weighted by molar-refractivity contribution is 5.48. The SMILES string of the molecule is COc1ccc(C#Cc2c(F)c(F)c(C#N)c(F)c2F)cc1. The highest BCUT2D eigenvalue weighted by Crippen LogP contribution is 2.23. The molecule has 0 fully saturated rings. The summed E-state index contributed by atoms with van der Waals surface area (Å²) in [4.78, 5) is 0. The lowest BCUT2D eigenvalue weighted by Crippen LogP contribution is -2.04. The van der Waals surface area contributed by atoms with Gasteiger partial charge in [0.05, 0.1) is 7.11 Å². The van der Waals surface area contributed by atoms with Crippen LogP contribution in [0.4, 0.5) is 17.6 Å². The van der Waals surface area contributed by atoms with Gasteiger partial charge in [0.25, 0.3) is 0 Å². The van der Waals surface area contributed by atoms with Crippen molar-refractivity contribution in [2.75, 3.05) is 7.11 Å². The van der Waals surface area contributed by atoms with Crippen LogP contribution < -0.4 is 4.74 Å². The van der Waals surface area contributed by atoms with Gasteiger partial charge in [-0.2, -0.15) is 5.26 Å². The predicted molar refractivity (Wildman–Crippen MR) is 70.0 cm³/mol. The monoisotopic (exact) mass is 305 g/mol. The molecule has 22 heavy (non-hydrogen) atoms. The molecule has 0 atom stereocenters. The number of methoxy groups -OCH3 is 1. The van der Waals surface area contributed by atoms with Gasteiger partial charge in [-0.15, -0.1) is 0 Å². The van der Waals surface area contributed by atoms with E-state index in [1.165, 1.54) is 19.2 Å². The minimum absolute atomic E-state index is 0.366. The van der Waals surface area contributed by atoms with E-state index >= 15 is 0 Å². The Kier molecular flexibility index (Phi) is 4.33. The molecule has 2 nitrogen and oxygen atoms in total. The lowest BCUT2D eigenvalue weighted by molar-refractivity contribution is 0.415. The van der Waals surface area contributed by atoms with Gasteiger partial charge in [-0.3, -0.25) is 0 Å². The summed E-state index contributed by atoms with van der Waals surface area (Å²) < 4.78 is 59.1. The molecule has 0 aliphatic carbocycles. The quantitative estimate of drug-likeness (QED) is 0.459. The number of nitriles is 1. The van der Waals surface area contributed by atoms with Crippen LogP contribution in [0, 0.1) is 46.4 Å². The van der Waals surface area contributed by atoms with E-state index in [4.69, 9.17) is 10.00 Å². The van der Waals surface area contributed by atoms with E-state index in [2.05, 4.69) is 5.92 Å². The number of nitrogens with zero attached hydrogens (tertiary/aromatic N) is 1. The topological polar surface area (TPSA) is 33.0 Å². The first-order valence-electron chi connectivity index (χ1n) is 5.91. The Morgan fingerprint density at radius 2 is 1.32 bits per heavy atom. The zero-order valence-electron chi connectivity index (χ0n) is 11.2. The highest BCUT2D eigenvalue weighted by Gasteiger charge is 2.24. The summed E-state index contributed by atoms with van der Waals surface area (Å²) in [6.07, 6.45) is 0. The molecule has 2 rings (SSSR count). The van der Waals surface area contributed by atoms with Gasteiger partial charge in [0.1, 0.15) is 22.9 Å². The highest BCUT2D eigenvalue weighted by atomic mass is 19.2. The normalized spacial score (nSPS) is 9.64. The van der Waals surface area contributed by atoms with E-state index in [0.29, 0.717) is 11.3 Å². The smallest absolute Gasteiger partial charge is 0.181 e. The molecule has 0 aliphatic rings. The molecule has 0 amide bonds.